The Balaban J connectivity index is 1.29. The number of halogens is 3. The predicted molar refractivity (Wildman–Crippen MR) is 158 cm³/mol. The fourth-order valence-electron chi connectivity index (χ4n) is 5.09. The molecule has 2 unspecified atom stereocenters. The van der Waals surface area contributed by atoms with Gasteiger partial charge in [-0.05, 0) is 34.2 Å². The molecule has 15 heteroatoms. The van der Waals surface area contributed by atoms with E-state index in [1.165, 1.54) is 29.8 Å². The molecule has 0 aliphatic carbocycles. The molecule has 2 aliphatic rings. The molecule has 3 aromatic rings. The van der Waals surface area contributed by atoms with E-state index in [9.17, 15) is 22.8 Å². The van der Waals surface area contributed by atoms with Crippen LogP contribution in [0.25, 0.3) is 11.3 Å². The quantitative estimate of drug-likeness (QED) is 0.342. The number of rotatable bonds is 9. The number of thiazole rings is 1. The fourth-order valence-corrected chi connectivity index (χ4v) is 6.69. The summed E-state index contributed by atoms with van der Waals surface area (Å²) in [6.07, 6.45) is 0.657. The van der Waals surface area contributed by atoms with Crippen molar-refractivity contribution in [1.82, 2.24) is 24.8 Å². The molecule has 0 radical (unpaired) electrons. The number of amides is 1. The van der Waals surface area contributed by atoms with Gasteiger partial charge in [0.1, 0.15) is 17.3 Å². The third kappa shape index (κ3) is 7.41. The Morgan fingerprint density at radius 1 is 1.12 bits per heavy atom. The Kier molecular flexibility index (Phi) is 9.36. The Labute approximate surface area is 247 Å². The summed E-state index contributed by atoms with van der Waals surface area (Å²) >= 11 is 1.25. The average Bonchev–Trinajstić information content (AvgIpc) is 3.57. The van der Waals surface area contributed by atoms with Gasteiger partial charge in [-0.25, -0.2) is 15.0 Å². The van der Waals surface area contributed by atoms with Crippen molar-refractivity contribution in [2.75, 3.05) is 49.5 Å². The zero-order valence-corrected chi connectivity index (χ0v) is 25.0. The van der Waals surface area contributed by atoms with Crippen LogP contribution in [0.15, 0.2) is 36.7 Å². The number of anilines is 2. The Morgan fingerprint density at radius 2 is 1.90 bits per heavy atom. The van der Waals surface area contributed by atoms with Gasteiger partial charge in [0.25, 0.3) is 5.91 Å². The van der Waals surface area contributed by atoms with Crippen molar-refractivity contribution in [3.8, 4) is 11.3 Å². The minimum absolute atomic E-state index is 0.0885. The van der Waals surface area contributed by atoms with Gasteiger partial charge in [0.2, 0.25) is 0 Å². The average molecular weight is 623 g/mol. The first-order valence-corrected chi connectivity index (χ1v) is 15.3. The molecular formula is C27H32F3N7O3PS+. The van der Waals surface area contributed by atoms with Crippen LogP contribution < -0.4 is 10.2 Å². The summed E-state index contributed by atoms with van der Waals surface area (Å²) in [4.78, 5) is 44.3. The standard InChI is InChI=1S/C27H31F3N7O3PS/c28-27(29,30)18-4-1-3-17(13-18)24-20(16-37-7-2-5-22(37)41)42-26(33-24)34-25(40)19-14-32-21(15-31-19)36-11-9-35(10-12-36)8-6-23(38)39/h1,3-4,13-15,22H,2,5-12,16,41H2,(H,38,39)(H,33,34,40)/p+1. The van der Waals surface area contributed by atoms with Gasteiger partial charge >= 0.3 is 12.1 Å². The lowest BCUT2D eigenvalue weighted by Gasteiger charge is -2.34. The number of carboxylic acid groups (broad SMARTS) is 1. The SMILES string of the molecule is O=C(O)CCN1CCN(c2cnc(C(=O)Nc3nc(-c4cccc(C(F)(F)F)c4)c(CN4CCCC4[PH3+])s3)cn2)CC1. The van der Waals surface area contributed by atoms with Crippen molar-refractivity contribution >= 4 is 43.4 Å². The number of piperazine rings is 1. The molecule has 10 nitrogen and oxygen atoms in total. The number of carbonyl (C=O) groups excluding carboxylic acids is 1. The molecule has 1 aromatic carbocycles. The maximum Gasteiger partial charge on any atom is 0.416 e. The number of nitrogens with one attached hydrogen (secondary N) is 1. The lowest BCUT2D eigenvalue weighted by atomic mass is 10.1. The largest absolute Gasteiger partial charge is 0.481 e. The molecule has 2 aromatic heterocycles. The van der Waals surface area contributed by atoms with E-state index in [1.54, 1.807) is 6.07 Å². The Hall–Kier alpha value is -3.19. The monoisotopic (exact) mass is 622 g/mol. The normalized spacial score (nSPS) is 18.5. The van der Waals surface area contributed by atoms with Gasteiger partial charge < -0.3 is 10.0 Å². The Morgan fingerprint density at radius 3 is 2.55 bits per heavy atom. The highest BCUT2D eigenvalue weighted by Crippen LogP contribution is 2.37. The van der Waals surface area contributed by atoms with Gasteiger partial charge in [-0.2, -0.15) is 13.2 Å². The number of carboxylic acids is 1. The maximum absolute atomic E-state index is 13.4. The first-order chi connectivity index (χ1) is 20.1. The highest BCUT2D eigenvalue weighted by atomic mass is 32.1. The number of aromatic nitrogens is 3. The Bertz CT molecular complexity index is 1410. The fraction of sp³-hybridized carbons (Fsp3) is 0.444. The molecule has 0 bridgehead atoms. The van der Waals surface area contributed by atoms with Gasteiger partial charge in [0, 0.05) is 56.3 Å². The van der Waals surface area contributed by atoms with Gasteiger partial charge in [-0.1, -0.05) is 23.5 Å². The summed E-state index contributed by atoms with van der Waals surface area (Å²) in [5.41, 5.74) is 0.106. The summed E-state index contributed by atoms with van der Waals surface area (Å²) in [6, 6.07) is 5.09. The van der Waals surface area contributed by atoms with Crippen molar-refractivity contribution in [3.05, 3.63) is 52.8 Å². The number of carbonyl (C=O) groups is 2. The second kappa shape index (κ2) is 13.0. The minimum atomic E-state index is -4.48. The maximum atomic E-state index is 13.4. The van der Waals surface area contributed by atoms with Gasteiger partial charge in [0.15, 0.2) is 5.13 Å². The van der Waals surface area contributed by atoms with E-state index < -0.39 is 23.6 Å². The number of aliphatic carboxylic acids is 1. The molecule has 0 spiro atoms. The van der Waals surface area contributed by atoms with Crippen LogP contribution >= 0.6 is 20.6 Å². The molecule has 2 N–H and O–H groups in total. The van der Waals surface area contributed by atoms with E-state index in [0.717, 1.165) is 36.4 Å². The van der Waals surface area contributed by atoms with E-state index >= 15 is 0 Å². The first-order valence-electron chi connectivity index (χ1n) is 13.6. The summed E-state index contributed by atoms with van der Waals surface area (Å²) in [5, 5.41) is 11.9. The highest BCUT2D eigenvalue weighted by molar-refractivity contribution is 7.17. The first kappa shape index (κ1) is 30.3. The summed E-state index contributed by atoms with van der Waals surface area (Å²) in [5.74, 6) is -0.340. The number of likely N-dealkylation sites (tertiary alicyclic amines) is 1. The summed E-state index contributed by atoms with van der Waals surface area (Å²) in [7, 11) is 1.90. The van der Waals surface area contributed by atoms with E-state index in [1.807, 2.05) is 14.1 Å². The highest BCUT2D eigenvalue weighted by Gasteiger charge is 2.32. The van der Waals surface area contributed by atoms with Crippen molar-refractivity contribution < 1.29 is 27.9 Å². The number of benzene rings is 1. The molecule has 1 amide bonds. The third-order valence-electron chi connectivity index (χ3n) is 7.44. The molecule has 2 saturated heterocycles. The van der Waals surface area contributed by atoms with Gasteiger partial charge in [-0.15, -0.1) is 0 Å². The zero-order chi connectivity index (χ0) is 29.9. The van der Waals surface area contributed by atoms with Crippen LogP contribution in [-0.4, -0.2) is 86.8 Å². The molecular weight excluding hydrogens is 590 g/mol. The topological polar surface area (TPSA) is 115 Å². The van der Waals surface area contributed by atoms with Crippen molar-refractivity contribution in [3.63, 3.8) is 0 Å². The minimum Gasteiger partial charge on any atom is -0.481 e. The van der Waals surface area contributed by atoms with Crippen LogP contribution in [0.1, 0.15) is 40.2 Å². The molecule has 42 heavy (non-hydrogen) atoms. The second-order valence-electron chi connectivity index (χ2n) is 10.3. The van der Waals surface area contributed by atoms with Crippen LogP contribution in [0.5, 0.6) is 0 Å². The van der Waals surface area contributed by atoms with Crippen LogP contribution in [0.3, 0.4) is 0 Å². The number of nitrogens with zero attached hydrogens (tertiary/aromatic N) is 6. The summed E-state index contributed by atoms with van der Waals surface area (Å²) < 4.78 is 40.3. The summed E-state index contributed by atoms with van der Waals surface area (Å²) in [6.45, 7) is 4.66. The molecule has 5 rings (SSSR count). The number of hydrogen-bond acceptors (Lipinski definition) is 9. The van der Waals surface area contributed by atoms with Crippen LogP contribution in [0.4, 0.5) is 24.1 Å². The molecule has 224 valence electrons. The lowest BCUT2D eigenvalue weighted by molar-refractivity contribution is -0.138. The predicted octanol–water partition coefficient (Wildman–Crippen LogP) is 4.00. The van der Waals surface area contributed by atoms with Crippen molar-refractivity contribution in [1.29, 1.82) is 0 Å². The van der Waals surface area contributed by atoms with E-state index in [-0.39, 0.29) is 17.2 Å². The molecule has 4 heterocycles. The molecule has 2 fully saturated rings. The molecule has 2 atom stereocenters. The second-order valence-corrected chi connectivity index (χ2v) is 12.3. The van der Waals surface area contributed by atoms with Gasteiger partial charge in [0.05, 0.1) is 30.1 Å². The van der Waals surface area contributed by atoms with Crippen LogP contribution in [0, 0.1) is 0 Å². The van der Waals surface area contributed by atoms with Crippen LogP contribution in [0.2, 0.25) is 0 Å². The number of hydrogen-bond donors (Lipinski definition) is 2. The molecule has 0 saturated carbocycles. The number of alkyl halides is 3. The molecule has 2 aliphatic heterocycles. The lowest BCUT2D eigenvalue weighted by Crippen LogP contribution is -2.47. The van der Waals surface area contributed by atoms with E-state index in [0.29, 0.717) is 62.1 Å². The van der Waals surface area contributed by atoms with Crippen molar-refractivity contribution in [2.45, 2.75) is 37.8 Å². The smallest absolute Gasteiger partial charge is 0.416 e. The van der Waals surface area contributed by atoms with Crippen LogP contribution in [-0.2, 0) is 17.5 Å². The zero-order valence-electron chi connectivity index (χ0n) is 22.8. The van der Waals surface area contributed by atoms with E-state index in [4.69, 9.17) is 5.11 Å². The van der Waals surface area contributed by atoms with E-state index in [2.05, 4.69) is 30.1 Å². The van der Waals surface area contributed by atoms with Crippen molar-refractivity contribution in [2.24, 2.45) is 0 Å². The van der Waals surface area contributed by atoms with Gasteiger partial charge in [-0.3, -0.25) is 24.7 Å². The third-order valence-corrected chi connectivity index (χ3v) is 9.32.